The zero-order valence-electron chi connectivity index (χ0n) is 19.0. The summed E-state index contributed by atoms with van der Waals surface area (Å²) in [6.07, 6.45) is 0. The van der Waals surface area contributed by atoms with Gasteiger partial charge in [-0.05, 0) is 36.4 Å². The van der Waals surface area contributed by atoms with Gasteiger partial charge >= 0.3 is 0 Å². The fourth-order valence-electron chi connectivity index (χ4n) is 3.34. The van der Waals surface area contributed by atoms with Crippen LogP contribution in [-0.4, -0.2) is 47.8 Å². The van der Waals surface area contributed by atoms with Gasteiger partial charge in [0.15, 0.2) is 22.5 Å². The van der Waals surface area contributed by atoms with Crippen molar-refractivity contribution in [3.05, 3.63) is 72.8 Å². The molecular weight excluding hydrogens is 452 g/mol. The van der Waals surface area contributed by atoms with E-state index in [1.807, 2.05) is 59.2 Å². The van der Waals surface area contributed by atoms with Crippen molar-refractivity contribution >= 4 is 23.4 Å². The predicted molar refractivity (Wildman–Crippen MR) is 132 cm³/mol. The van der Waals surface area contributed by atoms with Gasteiger partial charge < -0.3 is 19.5 Å². The molecule has 9 heteroatoms. The van der Waals surface area contributed by atoms with Crippen LogP contribution in [0.1, 0.15) is 0 Å². The van der Waals surface area contributed by atoms with Crippen LogP contribution in [0.5, 0.6) is 17.2 Å². The topological polar surface area (TPSA) is 87.5 Å². The summed E-state index contributed by atoms with van der Waals surface area (Å²) in [5.74, 6) is 2.55. The monoisotopic (exact) mass is 476 g/mol. The molecule has 4 aromatic rings. The molecule has 8 nitrogen and oxygen atoms in total. The van der Waals surface area contributed by atoms with E-state index in [9.17, 15) is 4.79 Å². The average molecular weight is 477 g/mol. The van der Waals surface area contributed by atoms with Crippen molar-refractivity contribution in [3.8, 4) is 34.3 Å². The number of hydrogen-bond acceptors (Lipinski definition) is 7. The Hall–Kier alpha value is -3.98. The van der Waals surface area contributed by atoms with Crippen molar-refractivity contribution in [1.29, 1.82) is 0 Å². The number of carbonyl (C=O) groups is 1. The smallest absolute Gasteiger partial charge is 0.234 e. The van der Waals surface area contributed by atoms with Gasteiger partial charge in [0.25, 0.3) is 0 Å². The second kappa shape index (κ2) is 10.8. The van der Waals surface area contributed by atoms with E-state index in [1.54, 1.807) is 39.5 Å². The summed E-state index contributed by atoms with van der Waals surface area (Å²) in [4.78, 5) is 12.7. The first-order chi connectivity index (χ1) is 16.6. The Kier molecular flexibility index (Phi) is 7.34. The molecule has 0 saturated carbocycles. The SMILES string of the molecule is COc1ccc(-n2c(SCC(=O)Nc3ccc(OC)c(OC)c3)nnc2-c2ccccc2)cc1. The lowest BCUT2D eigenvalue weighted by Gasteiger charge is -2.12. The number of rotatable bonds is 9. The number of amides is 1. The molecule has 1 amide bonds. The number of carbonyl (C=O) groups excluding carboxylic acids is 1. The second-order valence-electron chi connectivity index (χ2n) is 7.11. The largest absolute Gasteiger partial charge is 0.497 e. The summed E-state index contributed by atoms with van der Waals surface area (Å²) in [5.41, 5.74) is 2.41. The first-order valence-corrected chi connectivity index (χ1v) is 11.4. The molecule has 0 unspecified atom stereocenters. The number of methoxy groups -OCH3 is 3. The van der Waals surface area contributed by atoms with Crippen LogP contribution in [0.25, 0.3) is 17.1 Å². The van der Waals surface area contributed by atoms with Crippen LogP contribution in [-0.2, 0) is 4.79 Å². The maximum atomic E-state index is 12.7. The number of thioether (sulfide) groups is 1. The minimum atomic E-state index is -0.178. The average Bonchev–Trinajstić information content (AvgIpc) is 3.32. The minimum Gasteiger partial charge on any atom is -0.497 e. The molecular formula is C25H24N4O4S. The van der Waals surface area contributed by atoms with Crippen molar-refractivity contribution in [3.63, 3.8) is 0 Å². The number of anilines is 1. The molecule has 0 aliphatic carbocycles. The maximum absolute atomic E-state index is 12.7. The van der Waals surface area contributed by atoms with Crippen LogP contribution in [0, 0.1) is 0 Å². The molecule has 0 radical (unpaired) electrons. The van der Waals surface area contributed by atoms with E-state index in [0.717, 1.165) is 17.0 Å². The Balaban J connectivity index is 1.56. The maximum Gasteiger partial charge on any atom is 0.234 e. The summed E-state index contributed by atoms with van der Waals surface area (Å²) < 4.78 is 17.8. The van der Waals surface area contributed by atoms with Gasteiger partial charge in [-0.25, -0.2) is 0 Å². The Morgan fingerprint density at radius 2 is 1.62 bits per heavy atom. The highest BCUT2D eigenvalue weighted by Gasteiger charge is 2.18. The van der Waals surface area contributed by atoms with Gasteiger partial charge in [0.1, 0.15) is 5.75 Å². The lowest BCUT2D eigenvalue weighted by Crippen LogP contribution is -2.14. The van der Waals surface area contributed by atoms with E-state index in [2.05, 4.69) is 15.5 Å². The zero-order valence-corrected chi connectivity index (χ0v) is 19.8. The standard InChI is InChI=1S/C25H24N4O4S/c1-31-20-12-10-19(11-13-20)29-24(17-7-5-4-6-8-17)27-28-25(29)34-16-23(30)26-18-9-14-21(32-2)22(15-18)33-3/h4-15H,16H2,1-3H3,(H,26,30). The Labute approximate surface area is 201 Å². The first-order valence-electron chi connectivity index (χ1n) is 10.4. The van der Waals surface area contributed by atoms with E-state index in [-0.39, 0.29) is 11.7 Å². The number of benzene rings is 3. The molecule has 0 bridgehead atoms. The fraction of sp³-hybridized carbons (Fsp3) is 0.160. The van der Waals surface area contributed by atoms with Crippen molar-refractivity contribution in [2.24, 2.45) is 0 Å². The number of hydrogen-bond donors (Lipinski definition) is 1. The molecule has 1 N–H and O–H groups in total. The summed E-state index contributed by atoms with van der Waals surface area (Å²) in [5, 5.41) is 12.3. The van der Waals surface area contributed by atoms with E-state index in [4.69, 9.17) is 14.2 Å². The summed E-state index contributed by atoms with van der Waals surface area (Å²) in [7, 11) is 4.74. The lowest BCUT2D eigenvalue weighted by molar-refractivity contribution is -0.113. The van der Waals surface area contributed by atoms with Crippen molar-refractivity contribution in [2.75, 3.05) is 32.4 Å². The van der Waals surface area contributed by atoms with Crippen LogP contribution in [0.4, 0.5) is 5.69 Å². The van der Waals surface area contributed by atoms with Crippen molar-refractivity contribution in [2.45, 2.75) is 5.16 Å². The molecule has 0 aliphatic rings. The summed E-state index contributed by atoms with van der Waals surface area (Å²) in [6.45, 7) is 0. The summed E-state index contributed by atoms with van der Waals surface area (Å²) >= 11 is 1.30. The molecule has 3 aromatic carbocycles. The second-order valence-corrected chi connectivity index (χ2v) is 8.05. The van der Waals surface area contributed by atoms with Crippen LogP contribution in [0.3, 0.4) is 0 Å². The van der Waals surface area contributed by atoms with E-state index in [1.165, 1.54) is 11.8 Å². The van der Waals surface area contributed by atoms with Crippen LogP contribution in [0.2, 0.25) is 0 Å². The van der Waals surface area contributed by atoms with E-state index >= 15 is 0 Å². The Morgan fingerprint density at radius 1 is 0.882 bits per heavy atom. The lowest BCUT2D eigenvalue weighted by atomic mass is 10.2. The van der Waals surface area contributed by atoms with Gasteiger partial charge in [-0.15, -0.1) is 10.2 Å². The number of nitrogens with zero attached hydrogens (tertiary/aromatic N) is 3. The van der Waals surface area contributed by atoms with E-state index in [0.29, 0.717) is 28.2 Å². The molecule has 0 aliphatic heterocycles. The third-order valence-electron chi connectivity index (χ3n) is 5.00. The predicted octanol–water partition coefficient (Wildman–Crippen LogP) is 4.69. The Morgan fingerprint density at radius 3 is 2.29 bits per heavy atom. The van der Waals surface area contributed by atoms with Gasteiger partial charge in [-0.2, -0.15) is 0 Å². The van der Waals surface area contributed by atoms with E-state index < -0.39 is 0 Å². The van der Waals surface area contributed by atoms with Crippen molar-refractivity contribution in [1.82, 2.24) is 14.8 Å². The highest BCUT2D eigenvalue weighted by molar-refractivity contribution is 7.99. The molecule has 1 aromatic heterocycles. The quantitative estimate of drug-likeness (QED) is 0.351. The molecule has 1 heterocycles. The number of aromatic nitrogens is 3. The highest BCUT2D eigenvalue weighted by Crippen LogP contribution is 2.31. The van der Waals surface area contributed by atoms with Gasteiger partial charge in [0, 0.05) is 23.0 Å². The minimum absolute atomic E-state index is 0.150. The van der Waals surface area contributed by atoms with Crippen LogP contribution >= 0.6 is 11.8 Å². The number of nitrogens with one attached hydrogen (secondary N) is 1. The molecule has 0 atom stereocenters. The first kappa shape index (κ1) is 23.2. The molecule has 174 valence electrons. The molecule has 0 fully saturated rings. The Bertz CT molecular complexity index is 1260. The molecule has 34 heavy (non-hydrogen) atoms. The van der Waals surface area contributed by atoms with Crippen LogP contribution in [0.15, 0.2) is 78.0 Å². The zero-order chi connectivity index (χ0) is 23.9. The highest BCUT2D eigenvalue weighted by atomic mass is 32.2. The molecule has 4 rings (SSSR count). The fourth-order valence-corrected chi connectivity index (χ4v) is 4.09. The van der Waals surface area contributed by atoms with Gasteiger partial charge in [0.2, 0.25) is 5.91 Å². The number of ether oxygens (including phenoxy) is 3. The normalized spacial score (nSPS) is 10.6. The van der Waals surface area contributed by atoms with Crippen molar-refractivity contribution < 1.29 is 19.0 Å². The van der Waals surface area contributed by atoms with Gasteiger partial charge in [0.05, 0.1) is 27.1 Å². The van der Waals surface area contributed by atoms with Crippen LogP contribution < -0.4 is 19.5 Å². The molecule has 0 spiro atoms. The summed E-state index contributed by atoms with van der Waals surface area (Å²) in [6, 6.07) is 22.6. The third kappa shape index (κ3) is 5.15. The molecule has 0 saturated heterocycles. The third-order valence-corrected chi connectivity index (χ3v) is 5.92. The van der Waals surface area contributed by atoms with Gasteiger partial charge in [-0.1, -0.05) is 42.1 Å². The van der Waals surface area contributed by atoms with Gasteiger partial charge in [-0.3, -0.25) is 9.36 Å².